The van der Waals surface area contributed by atoms with Crippen molar-refractivity contribution in [2.24, 2.45) is 0 Å². The molecule has 0 aliphatic heterocycles. The highest BCUT2D eigenvalue weighted by Crippen LogP contribution is 2.16. The minimum atomic E-state index is -0.0444. The molecule has 0 N–H and O–H groups in total. The standard InChI is InChI=1S/C17H20N2O2/c1-18(13-14-9-11-16(21-3)12-10-14)17(20)19(2)15-7-5-4-6-8-15/h4-12H,13H2,1-3H3. The fourth-order valence-corrected chi connectivity index (χ4v) is 2.09. The zero-order valence-corrected chi connectivity index (χ0v) is 12.6. The highest BCUT2D eigenvalue weighted by molar-refractivity contribution is 5.91. The molecule has 110 valence electrons. The fraction of sp³-hybridized carbons (Fsp3) is 0.235. The second-order valence-corrected chi connectivity index (χ2v) is 4.88. The Morgan fingerprint density at radius 2 is 1.62 bits per heavy atom. The maximum atomic E-state index is 12.4. The highest BCUT2D eigenvalue weighted by Gasteiger charge is 2.15. The van der Waals surface area contributed by atoms with Crippen LogP contribution in [-0.4, -0.2) is 32.1 Å². The molecule has 4 nitrogen and oxygen atoms in total. The first-order valence-corrected chi connectivity index (χ1v) is 6.78. The number of carbonyl (C=O) groups is 1. The molecule has 0 bridgehead atoms. The van der Waals surface area contributed by atoms with Gasteiger partial charge in [0.05, 0.1) is 7.11 Å². The van der Waals surface area contributed by atoms with Crippen LogP contribution in [0.2, 0.25) is 0 Å². The van der Waals surface area contributed by atoms with Crippen LogP contribution >= 0.6 is 0 Å². The second kappa shape index (κ2) is 6.79. The molecule has 2 amide bonds. The van der Waals surface area contributed by atoms with Crippen LogP contribution in [0.15, 0.2) is 54.6 Å². The van der Waals surface area contributed by atoms with Crippen LogP contribution in [-0.2, 0) is 6.54 Å². The van der Waals surface area contributed by atoms with E-state index in [0.29, 0.717) is 6.54 Å². The van der Waals surface area contributed by atoms with Crippen molar-refractivity contribution in [3.63, 3.8) is 0 Å². The molecular weight excluding hydrogens is 264 g/mol. The van der Waals surface area contributed by atoms with E-state index in [0.717, 1.165) is 17.0 Å². The Morgan fingerprint density at radius 3 is 2.19 bits per heavy atom. The lowest BCUT2D eigenvalue weighted by atomic mass is 10.2. The van der Waals surface area contributed by atoms with Gasteiger partial charge in [-0.1, -0.05) is 30.3 Å². The van der Waals surface area contributed by atoms with Gasteiger partial charge in [-0.05, 0) is 29.8 Å². The molecular formula is C17H20N2O2. The lowest BCUT2D eigenvalue weighted by molar-refractivity contribution is 0.215. The summed E-state index contributed by atoms with van der Waals surface area (Å²) in [5.41, 5.74) is 1.94. The lowest BCUT2D eigenvalue weighted by Crippen LogP contribution is -2.38. The summed E-state index contributed by atoms with van der Waals surface area (Å²) in [6.45, 7) is 0.556. The molecule has 0 unspecified atom stereocenters. The van der Waals surface area contributed by atoms with Crippen LogP contribution in [0.3, 0.4) is 0 Å². The molecule has 2 aromatic rings. The molecule has 0 radical (unpaired) electrons. The Labute approximate surface area is 125 Å². The zero-order valence-electron chi connectivity index (χ0n) is 12.6. The van der Waals surface area contributed by atoms with Gasteiger partial charge in [0, 0.05) is 26.3 Å². The summed E-state index contributed by atoms with van der Waals surface area (Å²) in [4.78, 5) is 15.7. The van der Waals surface area contributed by atoms with E-state index in [1.165, 1.54) is 0 Å². The summed E-state index contributed by atoms with van der Waals surface area (Å²) >= 11 is 0. The minimum Gasteiger partial charge on any atom is -0.497 e. The average molecular weight is 284 g/mol. The van der Waals surface area contributed by atoms with Crippen molar-refractivity contribution in [2.75, 3.05) is 26.1 Å². The summed E-state index contributed by atoms with van der Waals surface area (Å²) in [6.07, 6.45) is 0. The van der Waals surface area contributed by atoms with E-state index in [4.69, 9.17) is 4.74 Å². The van der Waals surface area contributed by atoms with Crippen LogP contribution in [0.1, 0.15) is 5.56 Å². The van der Waals surface area contributed by atoms with E-state index in [1.54, 1.807) is 31.0 Å². The van der Waals surface area contributed by atoms with E-state index in [9.17, 15) is 4.79 Å². The number of amides is 2. The van der Waals surface area contributed by atoms with Gasteiger partial charge in [-0.3, -0.25) is 4.90 Å². The topological polar surface area (TPSA) is 32.8 Å². The first-order valence-electron chi connectivity index (χ1n) is 6.78. The van der Waals surface area contributed by atoms with E-state index < -0.39 is 0 Å². The van der Waals surface area contributed by atoms with Crippen LogP contribution < -0.4 is 9.64 Å². The van der Waals surface area contributed by atoms with E-state index in [-0.39, 0.29) is 6.03 Å². The smallest absolute Gasteiger partial charge is 0.324 e. The molecule has 2 rings (SSSR count). The molecule has 0 spiro atoms. The first kappa shape index (κ1) is 14.9. The quantitative estimate of drug-likeness (QED) is 0.862. The summed E-state index contributed by atoms with van der Waals surface area (Å²) in [5, 5.41) is 0. The molecule has 0 aliphatic carbocycles. The summed E-state index contributed by atoms with van der Waals surface area (Å²) < 4.78 is 5.13. The number of nitrogens with zero attached hydrogens (tertiary/aromatic N) is 2. The third kappa shape index (κ3) is 3.75. The van der Waals surface area contributed by atoms with E-state index in [2.05, 4.69) is 0 Å². The Bertz CT molecular complexity index is 581. The number of benzene rings is 2. The Morgan fingerprint density at radius 1 is 1.00 bits per heavy atom. The third-order valence-electron chi connectivity index (χ3n) is 3.34. The predicted molar refractivity (Wildman–Crippen MR) is 84.7 cm³/mol. The van der Waals surface area contributed by atoms with Crippen LogP contribution in [0, 0.1) is 0 Å². The van der Waals surface area contributed by atoms with Crippen molar-refractivity contribution >= 4 is 11.7 Å². The van der Waals surface area contributed by atoms with Crippen molar-refractivity contribution in [3.8, 4) is 5.75 Å². The molecule has 0 saturated carbocycles. The summed E-state index contributed by atoms with van der Waals surface area (Å²) in [5.74, 6) is 0.814. The number of anilines is 1. The van der Waals surface area contributed by atoms with E-state index >= 15 is 0 Å². The SMILES string of the molecule is COc1ccc(CN(C)C(=O)N(C)c2ccccc2)cc1. The number of methoxy groups -OCH3 is 1. The van der Waals surface area contributed by atoms with Crippen molar-refractivity contribution < 1.29 is 9.53 Å². The van der Waals surface area contributed by atoms with Gasteiger partial charge in [-0.2, -0.15) is 0 Å². The highest BCUT2D eigenvalue weighted by atomic mass is 16.5. The average Bonchev–Trinajstić information content (AvgIpc) is 2.55. The van der Waals surface area contributed by atoms with Gasteiger partial charge >= 0.3 is 6.03 Å². The Kier molecular flexibility index (Phi) is 4.82. The first-order chi connectivity index (χ1) is 10.1. The van der Waals surface area contributed by atoms with E-state index in [1.807, 2.05) is 54.6 Å². The number of hydrogen-bond donors (Lipinski definition) is 0. The van der Waals surface area contributed by atoms with Crippen LogP contribution in [0.25, 0.3) is 0 Å². The second-order valence-electron chi connectivity index (χ2n) is 4.88. The molecule has 0 aromatic heterocycles. The number of rotatable bonds is 4. The van der Waals surface area contributed by atoms with Crippen molar-refractivity contribution in [3.05, 3.63) is 60.2 Å². The molecule has 0 aliphatic rings. The molecule has 0 fully saturated rings. The molecule has 0 heterocycles. The predicted octanol–water partition coefficient (Wildman–Crippen LogP) is 3.38. The monoisotopic (exact) mass is 284 g/mol. The van der Waals surface area contributed by atoms with Gasteiger partial charge in [0.2, 0.25) is 0 Å². The van der Waals surface area contributed by atoms with Gasteiger partial charge in [0.15, 0.2) is 0 Å². The van der Waals surface area contributed by atoms with Gasteiger partial charge in [-0.15, -0.1) is 0 Å². The molecule has 4 heteroatoms. The lowest BCUT2D eigenvalue weighted by Gasteiger charge is -2.25. The maximum absolute atomic E-state index is 12.4. The summed E-state index contributed by atoms with van der Waals surface area (Å²) in [7, 11) is 5.22. The normalized spacial score (nSPS) is 10.0. The van der Waals surface area contributed by atoms with Crippen molar-refractivity contribution in [2.45, 2.75) is 6.54 Å². The van der Waals surface area contributed by atoms with Gasteiger partial charge < -0.3 is 9.64 Å². The van der Waals surface area contributed by atoms with Gasteiger partial charge in [0.1, 0.15) is 5.75 Å². The van der Waals surface area contributed by atoms with Crippen LogP contribution in [0.4, 0.5) is 10.5 Å². The molecule has 2 aromatic carbocycles. The Balaban J connectivity index is 2.01. The van der Waals surface area contributed by atoms with Crippen molar-refractivity contribution in [1.29, 1.82) is 0 Å². The molecule has 21 heavy (non-hydrogen) atoms. The molecule has 0 saturated heterocycles. The minimum absolute atomic E-state index is 0.0444. The maximum Gasteiger partial charge on any atom is 0.324 e. The number of urea groups is 1. The summed E-state index contributed by atoms with van der Waals surface area (Å²) in [6, 6.07) is 17.3. The zero-order chi connectivity index (χ0) is 15.2. The fourth-order valence-electron chi connectivity index (χ4n) is 2.09. The number of hydrogen-bond acceptors (Lipinski definition) is 2. The van der Waals surface area contributed by atoms with Crippen molar-refractivity contribution in [1.82, 2.24) is 4.90 Å². The van der Waals surface area contributed by atoms with Gasteiger partial charge in [0.25, 0.3) is 0 Å². The third-order valence-corrected chi connectivity index (χ3v) is 3.34. The molecule has 0 atom stereocenters. The number of ether oxygens (including phenoxy) is 1. The van der Waals surface area contributed by atoms with Crippen LogP contribution in [0.5, 0.6) is 5.75 Å². The number of carbonyl (C=O) groups excluding carboxylic acids is 1. The largest absolute Gasteiger partial charge is 0.497 e. The Hall–Kier alpha value is -2.49. The van der Waals surface area contributed by atoms with Gasteiger partial charge in [-0.25, -0.2) is 4.79 Å². The number of para-hydroxylation sites is 1.